The van der Waals surface area contributed by atoms with Crippen molar-refractivity contribution in [3.05, 3.63) is 35.4 Å². The molecule has 2 unspecified atom stereocenters. The Morgan fingerprint density at radius 1 is 1.19 bits per heavy atom. The van der Waals surface area contributed by atoms with Crippen LogP contribution < -0.4 is 5.32 Å². The van der Waals surface area contributed by atoms with E-state index in [1.807, 2.05) is 0 Å². The van der Waals surface area contributed by atoms with Gasteiger partial charge in [-0.15, -0.1) is 0 Å². The van der Waals surface area contributed by atoms with Crippen LogP contribution in [0.4, 0.5) is 17.6 Å². The third-order valence-corrected chi connectivity index (χ3v) is 2.46. The lowest BCUT2D eigenvalue weighted by molar-refractivity contribution is -0.138. The molecule has 5 heteroatoms. The van der Waals surface area contributed by atoms with Crippen LogP contribution in [0.3, 0.4) is 0 Å². The van der Waals surface area contributed by atoms with Gasteiger partial charge in [-0.3, -0.25) is 0 Å². The van der Waals surface area contributed by atoms with Gasteiger partial charge >= 0.3 is 6.18 Å². The number of halogens is 4. The van der Waals surface area contributed by atoms with Gasteiger partial charge in [-0.05, 0) is 25.6 Å². The van der Waals surface area contributed by atoms with Crippen LogP contribution in [-0.4, -0.2) is 13.1 Å². The smallest absolute Gasteiger partial charge is 0.314 e. The van der Waals surface area contributed by atoms with E-state index in [4.69, 9.17) is 0 Å². The maximum Gasteiger partial charge on any atom is 0.416 e. The topological polar surface area (TPSA) is 12.0 Å². The number of hydrogen-bond donors (Lipinski definition) is 1. The Labute approximate surface area is 91.5 Å². The fourth-order valence-corrected chi connectivity index (χ4v) is 1.41. The number of likely N-dealkylation sites (N-methyl/N-ethyl adjacent to an activating group) is 1. The predicted molar refractivity (Wildman–Crippen MR) is 53.8 cm³/mol. The molecule has 0 aromatic heterocycles. The van der Waals surface area contributed by atoms with Crippen molar-refractivity contribution in [3.8, 4) is 0 Å². The molecule has 0 spiro atoms. The van der Waals surface area contributed by atoms with Gasteiger partial charge < -0.3 is 5.32 Å². The lowest BCUT2D eigenvalue weighted by Gasteiger charge is -2.20. The summed E-state index contributed by atoms with van der Waals surface area (Å²) in [6.45, 7) is 1.50. The average molecular weight is 235 g/mol. The van der Waals surface area contributed by atoms with E-state index in [-0.39, 0.29) is 5.56 Å². The van der Waals surface area contributed by atoms with Crippen molar-refractivity contribution in [2.45, 2.75) is 25.3 Å². The zero-order valence-corrected chi connectivity index (χ0v) is 8.98. The minimum atomic E-state index is -4.52. The molecule has 1 aromatic carbocycles. The molecule has 0 aliphatic rings. The molecule has 0 bridgehead atoms. The molecule has 1 aromatic rings. The van der Waals surface area contributed by atoms with Gasteiger partial charge in [0.2, 0.25) is 0 Å². The van der Waals surface area contributed by atoms with Gasteiger partial charge in [-0.2, -0.15) is 13.2 Å². The molecule has 0 aliphatic carbocycles. The molecule has 0 aliphatic heterocycles. The van der Waals surface area contributed by atoms with Gasteiger partial charge in [-0.1, -0.05) is 18.2 Å². The van der Waals surface area contributed by atoms with Gasteiger partial charge in [0, 0.05) is 6.04 Å². The molecule has 0 fully saturated rings. The van der Waals surface area contributed by atoms with Crippen molar-refractivity contribution >= 4 is 0 Å². The zero-order chi connectivity index (χ0) is 12.3. The molecular formula is C11H13F4N. The Kier molecular flexibility index (Phi) is 3.91. The molecule has 0 saturated heterocycles. The quantitative estimate of drug-likeness (QED) is 0.792. The van der Waals surface area contributed by atoms with Crippen LogP contribution in [0.25, 0.3) is 0 Å². The fourth-order valence-electron chi connectivity index (χ4n) is 1.41. The maximum atomic E-state index is 13.8. The number of nitrogens with one attached hydrogen (secondary N) is 1. The average Bonchev–Trinajstić information content (AvgIpc) is 2.26. The largest absolute Gasteiger partial charge is 0.416 e. The summed E-state index contributed by atoms with van der Waals surface area (Å²) in [6.07, 6.45) is -6.20. The number of hydrogen-bond acceptors (Lipinski definition) is 1. The van der Waals surface area contributed by atoms with Crippen molar-refractivity contribution in [2.24, 2.45) is 0 Å². The highest BCUT2D eigenvalue weighted by Gasteiger charge is 2.35. The Morgan fingerprint density at radius 3 is 2.25 bits per heavy atom. The molecule has 1 N–H and O–H groups in total. The van der Waals surface area contributed by atoms with E-state index in [0.717, 1.165) is 6.07 Å². The van der Waals surface area contributed by atoms with Crippen LogP contribution in [0, 0.1) is 0 Å². The summed E-state index contributed by atoms with van der Waals surface area (Å²) in [7, 11) is 1.51. The van der Waals surface area contributed by atoms with Crippen LogP contribution >= 0.6 is 0 Å². The van der Waals surface area contributed by atoms with Gasteiger partial charge in [0.25, 0.3) is 0 Å². The lowest BCUT2D eigenvalue weighted by Crippen LogP contribution is -2.28. The Bertz CT molecular complexity index is 348. The van der Waals surface area contributed by atoms with E-state index >= 15 is 0 Å². The highest BCUT2D eigenvalue weighted by atomic mass is 19.4. The first-order valence-corrected chi connectivity index (χ1v) is 4.85. The van der Waals surface area contributed by atoms with Gasteiger partial charge in [0.15, 0.2) is 0 Å². The second-order valence-corrected chi connectivity index (χ2v) is 3.56. The molecule has 0 amide bonds. The molecule has 1 rings (SSSR count). The Hall–Kier alpha value is -1.10. The van der Waals surface area contributed by atoms with Crippen molar-refractivity contribution in [1.82, 2.24) is 5.32 Å². The molecule has 1 nitrogen and oxygen atoms in total. The molecule has 0 heterocycles. The third kappa shape index (κ3) is 2.72. The number of alkyl halides is 4. The van der Waals surface area contributed by atoms with E-state index in [0.29, 0.717) is 0 Å². The van der Waals surface area contributed by atoms with Crippen LogP contribution in [-0.2, 0) is 6.18 Å². The Morgan fingerprint density at radius 2 is 1.75 bits per heavy atom. The maximum absolute atomic E-state index is 13.8. The highest BCUT2D eigenvalue weighted by molar-refractivity contribution is 5.32. The van der Waals surface area contributed by atoms with Crippen LogP contribution in [0.2, 0.25) is 0 Å². The zero-order valence-electron chi connectivity index (χ0n) is 8.98. The van der Waals surface area contributed by atoms with E-state index in [9.17, 15) is 17.6 Å². The summed E-state index contributed by atoms with van der Waals surface area (Å²) in [5.74, 6) is 0. The first kappa shape index (κ1) is 13.0. The molecule has 90 valence electrons. The molecule has 0 radical (unpaired) electrons. The molecule has 2 atom stereocenters. The SMILES string of the molecule is CNC(C)C(F)c1ccccc1C(F)(F)F. The monoisotopic (exact) mass is 235 g/mol. The van der Waals surface area contributed by atoms with Gasteiger partial charge in [0.05, 0.1) is 5.56 Å². The van der Waals surface area contributed by atoms with E-state index in [1.54, 1.807) is 0 Å². The first-order chi connectivity index (χ1) is 7.38. The second kappa shape index (κ2) is 4.82. The summed E-state index contributed by atoms with van der Waals surface area (Å²) >= 11 is 0. The van der Waals surface area contributed by atoms with Gasteiger partial charge in [-0.25, -0.2) is 4.39 Å². The minimum Gasteiger partial charge on any atom is -0.314 e. The van der Waals surface area contributed by atoms with Gasteiger partial charge in [0.1, 0.15) is 6.17 Å². The van der Waals surface area contributed by atoms with Crippen molar-refractivity contribution < 1.29 is 17.6 Å². The van der Waals surface area contributed by atoms with E-state index < -0.39 is 24.0 Å². The summed E-state index contributed by atoms with van der Waals surface area (Å²) in [6, 6.07) is 4.05. The summed E-state index contributed by atoms with van der Waals surface area (Å²) in [5, 5.41) is 2.60. The van der Waals surface area contributed by atoms with E-state index in [2.05, 4.69) is 5.32 Å². The van der Waals surface area contributed by atoms with E-state index in [1.165, 1.54) is 32.2 Å². The van der Waals surface area contributed by atoms with Crippen molar-refractivity contribution in [2.75, 3.05) is 7.05 Å². The first-order valence-electron chi connectivity index (χ1n) is 4.85. The van der Waals surface area contributed by atoms with Crippen molar-refractivity contribution in [3.63, 3.8) is 0 Å². The normalized spacial score (nSPS) is 15.9. The summed E-state index contributed by atoms with van der Waals surface area (Å²) in [5.41, 5.74) is -1.23. The molecular weight excluding hydrogens is 222 g/mol. The molecule has 16 heavy (non-hydrogen) atoms. The van der Waals surface area contributed by atoms with Crippen LogP contribution in [0.1, 0.15) is 24.2 Å². The second-order valence-electron chi connectivity index (χ2n) is 3.56. The summed E-state index contributed by atoms with van der Waals surface area (Å²) < 4.78 is 51.5. The summed E-state index contributed by atoms with van der Waals surface area (Å²) in [4.78, 5) is 0. The predicted octanol–water partition coefficient (Wildman–Crippen LogP) is 3.32. The van der Waals surface area contributed by atoms with Crippen LogP contribution in [0.15, 0.2) is 24.3 Å². The molecule has 0 saturated carbocycles. The standard InChI is InChI=1S/C11H13F4N/c1-7(16-2)10(12)8-5-3-4-6-9(8)11(13,14)15/h3-7,10,16H,1-2H3. The Balaban J connectivity index is 3.13. The van der Waals surface area contributed by atoms with Crippen molar-refractivity contribution in [1.29, 1.82) is 0 Å². The number of benzene rings is 1. The number of rotatable bonds is 3. The lowest BCUT2D eigenvalue weighted by atomic mass is 9.99. The third-order valence-electron chi connectivity index (χ3n) is 2.46. The highest BCUT2D eigenvalue weighted by Crippen LogP contribution is 2.36. The minimum absolute atomic E-state index is 0.322. The fraction of sp³-hybridized carbons (Fsp3) is 0.455. The van der Waals surface area contributed by atoms with Crippen LogP contribution in [0.5, 0.6) is 0 Å².